The van der Waals surface area contributed by atoms with Crippen LogP contribution in [0, 0.1) is 12.3 Å². The smallest absolute Gasteiger partial charge is 0.0601 e. The van der Waals surface area contributed by atoms with Crippen molar-refractivity contribution in [3.8, 4) is 12.3 Å². The molecule has 2 rings (SSSR count). The predicted octanol–water partition coefficient (Wildman–Crippen LogP) is 2.18. The Morgan fingerprint density at radius 3 is 3.11 bits per heavy atom. The van der Waals surface area contributed by atoms with E-state index in [-0.39, 0.29) is 0 Å². The molecule has 1 heterocycles. The van der Waals surface area contributed by atoms with Gasteiger partial charge in [-0.2, -0.15) is 0 Å². The van der Waals surface area contributed by atoms with Crippen LogP contribution < -0.4 is 5.32 Å². The second-order valence-corrected chi connectivity index (χ2v) is 4.90. The molecule has 0 fully saturated rings. The minimum atomic E-state index is 0.746. The third kappa shape index (κ3) is 3.13. The van der Waals surface area contributed by atoms with Crippen molar-refractivity contribution in [2.75, 3.05) is 19.6 Å². The van der Waals surface area contributed by atoms with Crippen LogP contribution in [0.3, 0.4) is 0 Å². The molecule has 1 N–H and O–H groups in total. The zero-order chi connectivity index (χ0) is 12.8. The fourth-order valence-corrected chi connectivity index (χ4v) is 2.66. The molecule has 2 nitrogen and oxygen atoms in total. The maximum Gasteiger partial charge on any atom is 0.0601 e. The lowest BCUT2D eigenvalue weighted by molar-refractivity contribution is 0.298. The highest BCUT2D eigenvalue weighted by atomic mass is 15.1. The Morgan fingerprint density at radius 2 is 2.33 bits per heavy atom. The van der Waals surface area contributed by atoms with Gasteiger partial charge in [0.2, 0.25) is 0 Å². The van der Waals surface area contributed by atoms with E-state index in [1.165, 1.54) is 16.7 Å². The van der Waals surface area contributed by atoms with Crippen molar-refractivity contribution in [3.05, 3.63) is 34.9 Å². The Labute approximate surface area is 110 Å². The summed E-state index contributed by atoms with van der Waals surface area (Å²) in [6, 6.07) is 6.65. The Balaban J connectivity index is 2.15. The first-order valence-electron chi connectivity index (χ1n) is 6.81. The maximum atomic E-state index is 5.45. The molecule has 0 aromatic heterocycles. The van der Waals surface area contributed by atoms with Gasteiger partial charge in [-0.1, -0.05) is 31.0 Å². The molecular formula is C16H22N2. The summed E-state index contributed by atoms with van der Waals surface area (Å²) in [4.78, 5) is 2.36. The number of hydrogen-bond acceptors (Lipinski definition) is 2. The first-order chi connectivity index (χ1) is 8.85. The third-order valence-corrected chi connectivity index (χ3v) is 3.49. The second-order valence-electron chi connectivity index (χ2n) is 4.90. The van der Waals surface area contributed by atoms with Gasteiger partial charge in [-0.3, -0.25) is 4.90 Å². The van der Waals surface area contributed by atoms with Gasteiger partial charge >= 0.3 is 0 Å². The molecule has 0 atom stereocenters. The van der Waals surface area contributed by atoms with Gasteiger partial charge in [0.1, 0.15) is 0 Å². The first-order valence-corrected chi connectivity index (χ1v) is 6.81. The van der Waals surface area contributed by atoms with E-state index in [1.807, 2.05) is 0 Å². The van der Waals surface area contributed by atoms with Gasteiger partial charge in [-0.25, -0.2) is 0 Å². The number of terminal acetylenes is 1. The molecule has 0 bridgehead atoms. The van der Waals surface area contributed by atoms with Crippen LogP contribution >= 0.6 is 0 Å². The number of fused-ring (bicyclic) bond motifs is 1. The largest absolute Gasteiger partial charge is 0.312 e. The fraction of sp³-hybridized carbons (Fsp3) is 0.500. The van der Waals surface area contributed by atoms with Crippen LogP contribution in [-0.4, -0.2) is 24.5 Å². The molecule has 0 amide bonds. The van der Waals surface area contributed by atoms with Crippen LogP contribution in [0.15, 0.2) is 18.2 Å². The Bertz CT molecular complexity index is 431. The lowest BCUT2D eigenvalue weighted by atomic mass is 9.95. The molecule has 0 radical (unpaired) electrons. The quantitative estimate of drug-likeness (QED) is 0.796. The van der Waals surface area contributed by atoms with Crippen molar-refractivity contribution >= 4 is 0 Å². The lowest BCUT2D eigenvalue weighted by Crippen LogP contribution is -2.28. The summed E-state index contributed by atoms with van der Waals surface area (Å²) in [6.45, 7) is 7.11. The van der Waals surface area contributed by atoms with Crippen LogP contribution in [0.5, 0.6) is 0 Å². The average molecular weight is 242 g/mol. The molecule has 1 aliphatic heterocycles. The van der Waals surface area contributed by atoms with Crippen molar-refractivity contribution in [2.45, 2.75) is 32.9 Å². The van der Waals surface area contributed by atoms with Gasteiger partial charge in [0.15, 0.2) is 0 Å². The summed E-state index contributed by atoms with van der Waals surface area (Å²) in [7, 11) is 0. The molecule has 0 saturated carbocycles. The van der Waals surface area contributed by atoms with Gasteiger partial charge in [0, 0.05) is 13.1 Å². The monoisotopic (exact) mass is 242 g/mol. The molecule has 1 aromatic rings. The molecule has 96 valence electrons. The topological polar surface area (TPSA) is 15.3 Å². The van der Waals surface area contributed by atoms with E-state index in [9.17, 15) is 0 Å². The zero-order valence-electron chi connectivity index (χ0n) is 11.2. The summed E-state index contributed by atoms with van der Waals surface area (Å²) < 4.78 is 0. The van der Waals surface area contributed by atoms with Crippen molar-refractivity contribution in [1.29, 1.82) is 0 Å². The van der Waals surface area contributed by atoms with E-state index >= 15 is 0 Å². The Morgan fingerprint density at radius 1 is 1.44 bits per heavy atom. The molecule has 1 aliphatic rings. The zero-order valence-corrected chi connectivity index (χ0v) is 11.2. The van der Waals surface area contributed by atoms with Crippen molar-refractivity contribution in [1.82, 2.24) is 10.2 Å². The summed E-state index contributed by atoms with van der Waals surface area (Å²) in [5.41, 5.74) is 4.45. The van der Waals surface area contributed by atoms with Crippen LogP contribution in [0.1, 0.15) is 30.0 Å². The normalized spacial score (nSPS) is 14.3. The minimum Gasteiger partial charge on any atom is -0.312 e. The standard InChI is InChI=1S/C16H22N2/c1-3-10-18(11-4-2)13-15-7-5-6-14-12-17-9-8-16(14)15/h1,5-7,17H,4,8-13H2,2H3. The summed E-state index contributed by atoms with van der Waals surface area (Å²) in [5.74, 6) is 2.77. The van der Waals surface area contributed by atoms with Crippen molar-refractivity contribution < 1.29 is 0 Å². The van der Waals surface area contributed by atoms with Gasteiger partial charge in [-0.05, 0) is 42.6 Å². The van der Waals surface area contributed by atoms with E-state index in [0.29, 0.717) is 0 Å². The number of hydrogen-bond donors (Lipinski definition) is 1. The Hall–Kier alpha value is -1.30. The molecule has 18 heavy (non-hydrogen) atoms. The van der Waals surface area contributed by atoms with Gasteiger partial charge < -0.3 is 5.32 Å². The molecule has 0 spiro atoms. The number of nitrogens with zero attached hydrogens (tertiary/aromatic N) is 1. The van der Waals surface area contributed by atoms with E-state index in [1.54, 1.807) is 0 Å². The average Bonchev–Trinajstić information content (AvgIpc) is 2.40. The second kappa shape index (κ2) is 6.58. The van der Waals surface area contributed by atoms with Crippen LogP contribution in [0.4, 0.5) is 0 Å². The Kier molecular flexibility index (Phi) is 4.81. The summed E-state index contributed by atoms with van der Waals surface area (Å²) in [5, 5.41) is 3.43. The molecule has 0 aliphatic carbocycles. The maximum absolute atomic E-state index is 5.45. The molecule has 0 saturated heterocycles. The predicted molar refractivity (Wildman–Crippen MR) is 76.3 cm³/mol. The van der Waals surface area contributed by atoms with E-state index in [0.717, 1.165) is 45.6 Å². The van der Waals surface area contributed by atoms with E-state index in [2.05, 4.69) is 41.3 Å². The van der Waals surface area contributed by atoms with Crippen molar-refractivity contribution in [2.24, 2.45) is 0 Å². The number of nitrogens with one attached hydrogen (secondary N) is 1. The number of benzene rings is 1. The molecule has 1 aromatic carbocycles. The first kappa shape index (κ1) is 13.1. The highest BCUT2D eigenvalue weighted by Crippen LogP contribution is 2.20. The van der Waals surface area contributed by atoms with Gasteiger partial charge in [-0.15, -0.1) is 6.42 Å². The van der Waals surface area contributed by atoms with E-state index in [4.69, 9.17) is 6.42 Å². The fourth-order valence-electron chi connectivity index (χ4n) is 2.66. The van der Waals surface area contributed by atoms with Crippen molar-refractivity contribution in [3.63, 3.8) is 0 Å². The highest BCUT2D eigenvalue weighted by Gasteiger charge is 2.14. The summed E-state index contributed by atoms with van der Waals surface area (Å²) in [6.07, 6.45) is 7.74. The van der Waals surface area contributed by atoms with Gasteiger partial charge in [0.25, 0.3) is 0 Å². The molecular weight excluding hydrogens is 220 g/mol. The lowest BCUT2D eigenvalue weighted by Gasteiger charge is -2.24. The van der Waals surface area contributed by atoms with Crippen LogP contribution in [0.25, 0.3) is 0 Å². The highest BCUT2D eigenvalue weighted by molar-refractivity contribution is 5.37. The third-order valence-electron chi connectivity index (χ3n) is 3.49. The van der Waals surface area contributed by atoms with Gasteiger partial charge in [0.05, 0.1) is 6.54 Å². The van der Waals surface area contributed by atoms with Crippen LogP contribution in [0.2, 0.25) is 0 Å². The van der Waals surface area contributed by atoms with E-state index < -0.39 is 0 Å². The SMILES string of the molecule is C#CCN(CCC)Cc1cccc2c1CCNC2. The number of rotatable bonds is 5. The minimum absolute atomic E-state index is 0.746. The summed E-state index contributed by atoms with van der Waals surface area (Å²) >= 11 is 0. The van der Waals surface area contributed by atoms with Crippen LogP contribution in [-0.2, 0) is 19.5 Å². The molecule has 2 heteroatoms. The molecule has 0 unspecified atom stereocenters.